The Labute approximate surface area is 239 Å². The average molecular weight is 547 g/mol. The lowest BCUT2D eigenvalue weighted by atomic mass is 9.84. The van der Waals surface area contributed by atoms with Gasteiger partial charge in [0.15, 0.2) is 0 Å². The smallest absolute Gasteiger partial charge is 0.322 e. The second kappa shape index (κ2) is 11.6. The van der Waals surface area contributed by atoms with E-state index in [1.54, 1.807) is 0 Å². The summed E-state index contributed by atoms with van der Waals surface area (Å²) in [6, 6.07) is 11.8. The van der Waals surface area contributed by atoms with Crippen molar-refractivity contribution in [3.8, 4) is 0 Å². The van der Waals surface area contributed by atoms with Crippen molar-refractivity contribution in [1.29, 1.82) is 0 Å². The van der Waals surface area contributed by atoms with Crippen LogP contribution in [0.2, 0.25) is 0 Å². The monoisotopic (exact) mass is 546 g/mol. The predicted molar refractivity (Wildman–Crippen MR) is 157 cm³/mol. The largest absolute Gasteiger partial charge is 0.336 e. The van der Waals surface area contributed by atoms with Crippen molar-refractivity contribution in [1.82, 2.24) is 24.7 Å². The molecule has 3 amide bonds. The van der Waals surface area contributed by atoms with Crippen LogP contribution in [0.3, 0.4) is 0 Å². The molecule has 4 aliphatic rings. The van der Waals surface area contributed by atoms with Crippen LogP contribution in [0, 0.1) is 12.8 Å². The van der Waals surface area contributed by atoms with Gasteiger partial charge in [0.2, 0.25) is 5.91 Å². The number of piperidine rings is 1. The lowest BCUT2D eigenvalue weighted by molar-refractivity contribution is -0.139. The Morgan fingerprint density at radius 1 is 1.05 bits per heavy atom. The van der Waals surface area contributed by atoms with Crippen LogP contribution in [0.5, 0.6) is 0 Å². The van der Waals surface area contributed by atoms with E-state index in [0.29, 0.717) is 37.1 Å². The van der Waals surface area contributed by atoms with Gasteiger partial charge in [-0.1, -0.05) is 24.6 Å². The van der Waals surface area contributed by atoms with Gasteiger partial charge in [-0.15, -0.1) is 0 Å². The molecule has 1 saturated carbocycles. The Hall–Kier alpha value is -2.87. The molecule has 2 bridgehead atoms. The van der Waals surface area contributed by atoms with E-state index in [4.69, 9.17) is 4.98 Å². The number of carbonyl (C=O) groups excluding carboxylic acids is 2. The lowest BCUT2D eigenvalue weighted by Gasteiger charge is -2.41. The van der Waals surface area contributed by atoms with E-state index >= 15 is 0 Å². The molecule has 0 spiro atoms. The Morgan fingerprint density at radius 3 is 2.42 bits per heavy atom. The van der Waals surface area contributed by atoms with E-state index in [2.05, 4.69) is 26.6 Å². The zero-order valence-corrected chi connectivity index (χ0v) is 24.5. The number of nitrogens with zero attached hydrogens (tertiary/aromatic N) is 5. The number of amides is 3. The third-order valence-corrected chi connectivity index (χ3v) is 9.74. The summed E-state index contributed by atoms with van der Waals surface area (Å²) >= 11 is 0. The molecule has 1 N–H and O–H groups in total. The molecule has 3 fully saturated rings. The highest BCUT2D eigenvalue weighted by Crippen LogP contribution is 2.42. The number of hydrogen-bond donors (Lipinski definition) is 1. The Morgan fingerprint density at radius 2 is 1.77 bits per heavy atom. The van der Waals surface area contributed by atoms with Gasteiger partial charge in [0.1, 0.15) is 5.82 Å². The van der Waals surface area contributed by atoms with Crippen LogP contribution in [0.25, 0.3) is 0 Å². The van der Waals surface area contributed by atoms with Crippen molar-refractivity contribution >= 4 is 17.6 Å². The summed E-state index contributed by atoms with van der Waals surface area (Å²) in [6.07, 6.45) is 10.1. The van der Waals surface area contributed by atoms with E-state index < -0.39 is 0 Å². The first-order valence-electron chi connectivity index (χ1n) is 15.6. The van der Waals surface area contributed by atoms with E-state index in [0.717, 1.165) is 56.0 Å². The third kappa shape index (κ3) is 5.39. The molecule has 1 unspecified atom stereocenters. The number of rotatable bonds is 8. The minimum absolute atomic E-state index is 0.0174. The van der Waals surface area contributed by atoms with Gasteiger partial charge in [-0.05, 0) is 77.8 Å². The van der Waals surface area contributed by atoms with E-state index in [-0.39, 0.29) is 18.0 Å². The average Bonchev–Trinajstić information content (AvgIpc) is 3.35. The molecule has 40 heavy (non-hydrogen) atoms. The molecule has 3 aliphatic heterocycles. The number of benzene rings is 1. The highest BCUT2D eigenvalue weighted by molar-refractivity contribution is 5.92. The first kappa shape index (κ1) is 27.3. The van der Waals surface area contributed by atoms with Gasteiger partial charge in [-0.25, -0.2) is 9.78 Å². The Balaban J connectivity index is 1.08. The Kier molecular flexibility index (Phi) is 7.89. The van der Waals surface area contributed by atoms with Crippen molar-refractivity contribution in [2.75, 3.05) is 24.5 Å². The lowest BCUT2D eigenvalue weighted by Crippen LogP contribution is -2.47. The number of para-hydroxylation sites is 1. The summed E-state index contributed by atoms with van der Waals surface area (Å²) < 4.78 is 2.55. The van der Waals surface area contributed by atoms with Crippen molar-refractivity contribution in [2.24, 2.45) is 5.92 Å². The predicted octanol–water partition coefficient (Wildman–Crippen LogP) is 5.06. The normalized spacial score (nSPS) is 24.6. The summed E-state index contributed by atoms with van der Waals surface area (Å²) in [7, 11) is 0. The number of aryl methyl sites for hydroxylation is 1. The van der Waals surface area contributed by atoms with Crippen molar-refractivity contribution in [3.63, 3.8) is 0 Å². The maximum atomic E-state index is 13.0. The van der Waals surface area contributed by atoms with Crippen LogP contribution in [0.4, 0.5) is 10.5 Å². The van der Waals surface area contributed by atoms with Gasteiger partial charge >= 0.3 is 6.03 Å². The highest BCUT2D eigenvalue weighted by Gasteiger charge is 2.42. The highest BCUT2D eigenvalue weighted by atomic mass is 16.2. The fraction of sp³-hybridized carbons (Fsp3) is 0.656. The van der Waals surface area contributed by atoms with Gasteiger partial charge in [0.25, 0.3) is 0 Å². The van der Waals surface area contributed by atoms with Crippen LogP contribution < -0.4 is 10.2 Å². The molecule has 3 atom stereocenters. The van der Waals surface area contributed by atoms with Crippen LogP contribution in [0.15, 0.2) is 30.3 Å². The summed E-state index contributed by atoms with van der Waals surface area (Å²) in [5.41, 5.74) is 3.46. The first-order chi connectivity index (χ1) is 19.4. The molecule has 2 aromatic rings. The SMILES string of the molecule is Cc1nc2c(n1C1C[C@H]3CC[C@@H](C1)N3CCCN(C(=O)NC(C)C)c1ccccc1)CCN(C(=O)C1CCC1)C2. The number of carbonyl (C=O) groups is 2. The zero-order valence-electron chi connectivity index (χ0n) is 24.5. The molecule has 4 heterocycles. The number of hydrogen-bond acceptors (Lipinski definition) is 4. The van der Waals surface area contributed by atoms with Crippen molar-refractivity contribution in [3.05, 3.63) is 47.5 Å². The van der Waals surface area contributed by atoms with Gasteiger partial charge in [0.05, 0.1) is 12.2 Å². The van der Waals surface area contributed by atoms with Crippen molar-refractivity contribution < 1.29 is 9.59 Å². The summed E-state index contributed by atoms with van der Waals surface area (Å²) in [5.74, 6) is 1.73. The third-order valence-electron chi connectivity index (χ3n) is 9.74. The van der Waals surface area contributed by atoms with E-state index in [1.807, 2.05) is 49.1 Å². The second-order valence-electron chi connectivity index (χ2n) is 12.8. The molecular formula is C32H46N6O2. The molecular weight excluding hydrogens is 500 g/mol. The van der Waals surface area contributed by atoms with Gasteiger partial charge < -0.3 is 14.8 Å². The molecule has 1 aliphatic carbocycles. The maximum absolute atomic E-state index is 13.0. The number of fused-ring (bicyclic) bond motifs is 3. The molecule has 6 rings (SSSR count). The van der Waals surface area contributed by atoms with Crippen LogP contribution in [-0.4, -0.2) is 69.0 Å². The van der Waals surface area contributed by atoms with Crippen LogP contribution >= 0.6 is 0 Å². The molecule has 8 heteroatoms. The van der Waals surface area contributed by atoms with Crippen LogP contribution in [0.1, 0.15) is 88.5 Å². The molecule has 8 nitrogen and oxygen atoms in total. The minimum atomic E-state index is -0.0174. The summed E-state index contributed by atoms with van der Waals surface area (Å²) in [5, 5.41) is 3.07. The molecule has 216 valence electrons. The van der Waals surface area contributed by atoms with Crippen molar-refractivity contribution in [2.45, 2.75) is 109 Å². The number of urea groups is 1. The summed E-state index contributed by atoms with van der Waals surface area (Å²) in [4.78, 5) is 37.5. The number of nitrogens with one attached hydrogen (secondary N) is 1. The first-order valence-corrected chi connectivity index (χ1v) is 15.6. The quantitative estimate of drug-likeness (QED) is 0.502. The molecule has 0 radical (unpaired) electrons. The number of anilines is 1. The van der Waals surface area contributed by atoms with Gasteiger partial charge in [-0.2, -0.15) is 0 Å². The number of aromatic nitrogens is 2. The number of imidazole rings is 1. The molecule has 2 saturated heterocycles. The van der Waals surface area contributed by atoms with Gasteiger partial charge in [0, 0.05) is 67.5 Å². The maximum Gasteiger partial charge on any atom is 0.322 e. The van der Waals surface area contributed by atoms with E-state index in [1.165, 1.54) is 37.8 Å². The second-order valence-corrected chi connectivity index (χ2v) is 12.8. The standard InChI is InChI=1S/C32H46N6O2/c1-22(2)33-32(40)37(25-11-5-4-6-12-25)17-8-16-36-26-13-14-27(36)20-28(19-26)38-23(3)34-29-21-35(18-15-30(29)38)31(39)24-9-7-10-24/h4-6,11-12,22,24,26-28H,7-10,13-21H2,1-3H3,(H,33,40)/t26-,27+,28?. The topological polar surface area (TPSA) is 73.7 Å². The van der Waals surface area contributed by atoms with Crippen LogP contribution in [-0.2, 0) is 17.8 Å². The minimum Gasteiger partial charge on any atom is -0.336 e. The summed E-state index contributed by atoms with van der Waals surface area (Å²) in [6.45, 7) is 9.44. The molecule has 1 aromatic carbocycles. The fourth-order valence-corrected chi connectivity index (χ4v) is 7.64. The zero-order chi connectivity index (χ0) is 27.8. The fourth-order valence-electron chi connectivity index (χ4n) is 7.64. The Bertz CT molecular complexity index is 1190. The molecule has 1 aromatic heterocycles. The van der Waals surface area contributed by atoms with Gasteiger partial charge in [-0.3, -0.25) is 14.6 Å². The van der Waals surface area contributed by atoms with E-state index in [9.17, 15) is 9.59 Å².